The smallest absolute Gasteiger partial charge is 0.261 e. The minimum atomic E-state index is -3.86. The molecule has 0 aliphatic carbocycles. The molecule has 0 aliphatic rings. The second-order valence-electron chi connectivity index (χ2n) is 7.82. The first kappa shape index (κ1) is 25.7. The van der Waals surface area contributed by atoms with Gasteiger partial charge in [0.2, 0.25) is 5.91 Å². The number of thioether (sulfide) groups is 1. The van der Waals surface area contributed by atoms with Crippen molar-refractivity contribution >= 4 is 60.9 Å². The molecular formula is C25H19FN4O5S3. The van der Waals surface area contributed by atoms with Gasteiger partial charge in [0, 0.05) is 16.6 Å². The molecule has 2 N–H and O–H groups in total. The van der Waals surface area contributed by atoms with Crippen LogP contribution in [0.15, 0.2) is 86.6 Å². The second kappa shape index (κ2) is 10.8. The fourth-order valence-corrected chi connectivity index (χ4v) is 5.81. The second-order valence-corrected chi connectivity index (χ2v) is 11.3. The number of anilines is 2. The third-order valence-electron chi connectivity index (χ3n) is 5.21. The molecule has 0 bridgehead atoms. The van der Waals surface area contributed by atoms with Crippen LogP contribution in [0, 0.1) is 5.82 Å². The van der Waals surface area contributed by atoms with Crippen LogP contribution in [0.2, 0.25) is 0 Å². The van der Waals surface area contributed by atoms with Crippen molar-refractivity contribution in [3.05, 3.63) is 77.9 Å². The number of rotatable bonds is 9. The number of halogens is 1. The Morgan fingerprint density at radius 1 is 1.08 bits per heavy atom. The summed E-state index contributed by atoms with van der Waals surface area (Å²) in [4.78, 5) is 21.1. The van der Waals surface area contributed by atoms with E-state index in [0.717, 1.165) is 17.3 Å². The Balaban J connectivity index is 1.21. The zero-order valence-electron chi connectivity index (χ0n) is 19.7. The quantitative estimate of drug-likeness (QED) is 0.219. The predicted molar refractivity (Wildman–Crippen MR) is 145 cm³/mol. The van der Waals surface area contributed by atoms with Crippen LogP contribution in [0.4, 0.5) is 15.2 Å². The largest absolute Gasteiger partial charge is 0.497 e. The number of aromatic nitrogens is 2. The highest BCUT2D eigenvalue weighted by Gasteiger charge is 2.18. The highest BCUT2D eigenvalue weighted by molar-refractivity contribution is 7.99. The average Bonchev–Trinajstić information content (AvgIpc) is 3.54. The summed E-state index contributed by atoms with van der Waals surface area (Å²) in [5.41, 5.74) is 2.49. The van der Waals surface area contributed by atoms with Gasteiger partial charge in [-0.1, -0.05) is 11.8 Å². The lowest BCUT2D eigenvalue weighted by Crippen LogP contribution is -2.13. The Bertz CT molecular complexity index is 1700. The number of nitrogens with zero attached hydrogens (tertiary/aromatic N) is 2. The van der Waals surface area contributed by atoms with E-state index in [1.807, 2.05) is 0 Å². The highest BCUT2D eigenvalue weighted by atomic mass is 32.2. The summed E-state index contributed by atoms with van der Waals surface area (Å²) < 4.78 is 52.0. The van der Waals surface area contributed by atoms with Crippen LogP contribution in [0.5, 0.6) is 5.75 Å². The van der Waals surface area contributed by atoms with E-state index < -0.39 is 10.0 Å². The van der Waals surface area contributed by atoms with Crippen LogP contribution < -0.4 is 14.8 Å². The summed E-state index contributed by atoms with van der Waals surface area (Å²) in [6.07, 6.45) is 0. The van der Waals surface area contributed by atoms with Gasteiger partial charge in [-0.3, -0.25) is 9.52 Å². The molecule has 5 rings (SSSR count). The lowest BCUT2D eigenvalue weighted by atomic mass is 10.2. The summed E-state index contributed by atoms with van der Waals surface area (Å²) in [6, 6.07) is 16.8. The summed E-state index contributed by atoms with van der Waals surface area (Å²) >= 11 is 2.32. The fourth-order valence-electron chi connectivity index (χ4n) is 3.36. The Morgan fingerprint density at radius 2 is 1.84 bits per heavy atom. The van der Waals surface area contributed by atoms with Gasteiger partial charge in [-0.25, -0.2) is 22.8 Å². The maximum atomic E-state index is 13.1. The van der Waals surface area contributed by atoms with Crippen LogP contribution in [-0.2, 0) is 14.8 Å². The Hall–Kier alpha value is -3.94. The Kier molecular flexibility index (Phi) is 7.31. The summed E-state index contributed by atoms with van der Waals surface area (Å²) in [6.45, 7) is 0. The van der Waals surface area contributed by atoms with Crippen LogP contribution in [-0.4, -0.2) is 37.2 Å². The number of sulfonamides is 1. The van der Waals surface area contributed by atoms with Gasteiger partial charge in [-0.05, 0) is 66.7 Å². The van der Waals surface area contributed by atoms with E-state index in [9.17, 15) is 17.6 Å². The van der Waals surface area contributed by atoms with Crippen molar-refractivity contribution in [1.29, 1.82) is 0 Å². The standard InChI is InChI=1S/C25H19FN4O5S3/c1-34-18-8-6-17(7-9-18)30-38(32,33)19-10-11-22-20(12-19)28-25(35-22)37-14-23(31)29-24-27-21(13-36-24)15-2-4-16(26)5-3-15/h2-13,30H,14H2,1H3,(H,27,29,31). The number of thiazole rings is 1. The van der Waals surface area contributed by atoms with Gasteiger partial charge in [0.05, 0.1) is 23.5 Å². The molecule has 1 amide bonds. The number of hydrogen-bond donors (Lipinski definition) is 2. The van der Waals surface area contributed by atoms with Crippen LogP contribution >= 0.6 is 23.1 Å². The molecule has 0 saturated carbocycles. The van der Waals surface area contributed by atoms with Crippen LogP contribution in [0.25, 0.3) is 22.4 Å². The lowest BCUT2D eigenvalue weighted by molar-refractivity contribution is -0.113. The number of carbonyl (C=O) groups is 1. The molecule has 0 radical (unpaired) electrons. The SMILES string of the molecule is COc1ccc(NS(=O)(=O)c2ccc3oc(SCC(=O)Nc4nc(-c5ccc(F)cc5)cs4)nc3c2)cc1. The van der Waals surface area contributed by atoms with Crippen molar-refractivity contribution in [1.82, 2.24) is 9.97 Å². The van der Waals surface area contributed by atoms with Gasteiger partial charge in [0.25, 0.3) is 15.2 Å². The van der Waals surface area contributed by atoms with Crippen molar-refractivity contribution in [2.24, 2.45) is 0 Å². The third kappa shape index (κ3) is 5.96. The molecule has 194 valence electrons. The number of nitrogens with one attached hydrogen (secondary N) is 2. The number of ether oxygens (including phenoxy) is 1. The van der Waals surface area contributed by atoms with Gasteiger partial charge in [-0.2, -0.15) is 0 Å². The molecule has 0 spiro atoms. The zero-order chi connectivity index (χ0) is 26.7. The van der Waals surface area contributed by atoms with Crippen molar-refractivity contribution in [3.8, 4) is 17.0 Å². The van der Waals surface area contributed by atoms with E-state index in [1.54, 1.807) is 41.8 Å². The molecule has 13 heteroatoms. The van der Waals surface area contributed by atoms with Gasteiger partial charge in [-0.15, -0.1) is 11.3 Å². The van der Waals surface area contributed by atoms with E-state index in [2.05, 4.69) is 20.0 Å². The summed E-state index contributed by atoms with van der Waals surface area (Å²) in [5, 5.41) is 5.12. The monoisotopic (exact) mass is 570 g/mol. The molecule has 2 heterocycles. The van der Waals surface area contributed by atoms with Crippen molar-refractivity contribution < 1.29 is 26.8 Å². The van der Waals surface area contributed by atoms with E-state index in [0.29, 0.717) is 33.4 Å². The molecule has 2 aromatic heterocycles. The molecule has 38 heavy (non-hydrogen) atoms. The number of carbonyl (C=O) groups excluding carboxylic acids is 1. The number of amides is 1. The van der Waals surface area contributed by atoms with Gasteiger partial charge in [0.1, 0.15) is 17.1 Å². The normalized spacial score (nSPS) is 11.4. The van der Waals surface area contributed by atoms with Gasteiger partial charge >= 0.3 is 0 Å². The number of methoxy groups -OCH3 is 1. The first-order chi connectivity index (χ1) is 18.3. The summed E-state index contributed by atoms with van der Waals surface area (Å²) in [7, 11) is -2.34. The van der Waals surface area contributed by atoms with Crippen LogP contribution in [0.1, 0.15) is 0 Å². The number of fused-ring (bicyclic) bond motifs is 1. The number of hydrogen-bond acceptors (Lipinski definition) is 9. The fraction of sp³-hybridized carbons (Fsp3) is 0.0800. The Morgan fingerprint density at radius 3 is 2.58 bits per heavy atom. The molecule has 9 nitrogen and oxygen atoms in total. The third-order valence-corrected chi connectivity index (χ3v) is 8.17. The van der Waals surface area contributed by atoms with Gasteiger partial charge < -0.3 is 14.5 Å². The minimum Gasteiger partial charge on any atom is -0.497 e. The van der Waals surface area contributed by atoms with E-state index in [4.69, 9.17) is 9.15 Å². The van der Waals surface area contributed by atoms with E-state index >= 15 is 0 Å². The van der Waals surface area contributed by atoms with Crippen molar-refractivity contribution in [3.63, 3.8) is 0 Å². The maximum absolute atomic E-state index is 13.1. The highest BCUT2D eigenvalue weighted by Crippen LogP contribution is 2.28. The zero-order valence-corrected chi connectivity index (χ0v) is 22.1. The Labute approximate surface area is 225 Å². The van der Waals surface area contributed by atoms with Crippen LogP contribution in [0.3, 0.4) is 0 Å². The van der Waals surface area contributed by atoms with E-state index in [1.165, 1.54) is 48.8 Å². The topological polar surface area (TPSA) is 123 Å². The number of oxazole rings is 1. The first-order valence-electron chi connectivity index (χ1n) is 11.0. The lowest BCUT2D eigenvalue weighted by Gasteiger charge is -2.08. The van der Waals surface area contributed by atoms with Crippen molar-refractivity contribution in [2.45, 2.75) is 10.1 Å². The predicted octanol–water partition coefficient (Wildman–Crippen LogP) is 5.63. The van der Waals surface area contributed by atoms with Crippen molar-refractivity contribution in [2.75, 3.05) is 22.9 Å². The first-order valence-corrected chi connectivity index (χ1v) is 14.4. The average molecular weight is 571 g/mol. The molecule has 3 aromatic carbocycles. The molecule has 5 aromatic rings. The van der Waals surface area contributed by atoms with E-state index in [-0.39, 0.29) is 27.6 Å². The van der Waals surface area contributed by atoms with Gasteiger partial charge in [0.15, 0.2) is 10.7 Å². The molecule has 0 atom stereocenters. The maximum Gasteiger partial charge on any atom is 0.261 e. The molecule has 0 saturated heterocycles. The molecule has 0 fully saturated rings. The molecule has 0 unspecified atom stereocenters. The molecule has 0 aliphatic heterocycles. The number of benzene rings is 3. The minimum absolute atomic E-state index is 0.00244. The molecular weight excluding hydrogens is 551 g/mol. The summed E-state index contributed by atoms with van der Waals surface area (Å²) in [5.74, 6) is -0.0410.